The summed E-state index contributed by atoms with van der Waals surface area (Å²) >= 11 is 6.32. The first-order valence-electron chi connectivity index (χ1n) is 7.17. The van der Waals surface area contributed by atoms with E-state index in [1.165, 1.54) is 12.8 Å². The van der Waals surface area contributed by atoms with Crippen LogP contribution in [-0.2, 0) is 0 Å². The summed E-state index contributed by atoms with van der Waals surface area (Å²) < 4.78 is 0. The Labute approximate surface area is 127 Å². The number of benzene rings is 1. The third kappa shape index (κ3) is 2.25. The van der Waals surface area contributed by atoms with E-state index in [1.54, 1.807) is 6.20 Å². The summed E-state index contributed by atoms with van der Waals surface area (Å²) in [5, 5.41) is 0.622. The van der Waals surface area contributed by atoms with Gasteiger partial charge in [0.15, 0.2) is 0 Å². The Balaban J connectivity index is 1.80. The van der Waals surface area contributed by atoms with Crippen LogP contribution >= 0.6 is 11.6 Å². The molecule has 0 atom stereocenters. The molecule has 0 radical (unpaired) electrons. The SMILES string of the molecule is Clc1cnc(N2CCCC2)cc1-c1nc2ccccc2[nH]1. The summed E-state index contributed by atoms with van der Waals surface area (Å²) in [6.45, 7) is 2.13. The molecule has 2 aromatic heterocycles. The van der Waals surface area contributed by atoms with Crippen LogP contribution in [0.4, 0.5) is 5.82 Å². The summed E-state index contributed by atoms with van der Waals surface area (Å²) in [6.07, 6.45) is 4.17. The van der Waals surface area contributed by atoms with Crippen LogP contribution in [-0.4, -0.2) is 28.0 Å². The highest BCUT2D eigenvalue weighted by atomic mass is 35.5. The van der Waals surface area contributed by atoms with E-state index in [0.717, 1.165) is 41.3 Å². The van der Waals surface area contributed by atoms with Crippen molar-refractivity contribution in [2.75, 3.05) is 18.0 Å². The van der Waals surface area contributed by atoms with Crippen molar-refractivity contribution in [2.45, 2.75) is 12.8 Å². The highest BCUT2D eigenvalue weighted by Gasteiger charge is 2.16. The monoisotopic (exact) mass is 298 g/mol. The van der Waals surface area contributed by atoms with Gasteiger partial charge in [0.1, 0.15) is 11.6 Å². The minimum atomic E-state index is 0.622. The van der Waals surface area contributed by atoms with E-state index >= 15 is 0 Å². The van der Waals surface area contributed by atoms with Crippen molar-refractivity contribution < 1.29 is 0 Å². The zero-order valence-corrected chi connectivity index (χ0v) is 12.3. The minimum Gasteiger partial charge on any atom is -0.357 e. The van der Waals surface area contributed by atoms with Gasteiger partial charge in [-0.25, -0.2) is 9.97 Å². The Morgan fingerprint density at radius 2 is 1.95 bits per heavy atom. The number of nitrogens with one attached hydrogen (secondary N) is 1. The van der Waals surface area contributed by atoms with Crippen molar-refractivity contribution in [3.63, 3.8) is 0 Å². The Morgan fingerprint density at radius 3 is 2.76 bits per heavy atom. The Bertz CT molecular complexity index is 757. The van der Waals surface area contributed by atoms with Crippen molar-refractivity contribution >= 4 is 28.5 Å². The number of imidazole rings is 1. The van der Waals surface area contributed by atoms with Gasteiger partial charge in [0.25, 0.3) is 0 Å². The van der Waals surface area contributed by atoms with Crippen LogP contribution in [0.2, 0.25) is 5.02 Å². The van der Waals surface area contributed by atoms with Gasteiger partial charge < -0.3 is 9.88 Å². The second kappa shape index (κ2) is 5.04. The summed E-state index contributed by atoms with van der Waals surface area (Å²) in [4.78, 5) is 14.7. The standard InChI is InChI=1S/C16H15ClN4/c17-12-10-18-15(21-7-3-4-8-21)9-11(12)16-19-13-5-1-2-6-14(13)20-16/h1-2,5-6,9-10H,3-4,7-8H2,(H,19,20). The Morgan fingerprint density at radius 1 is 1.14 bits per heavy atom. The number of hydrogen-bond donors (Lipinski definition) is 1. The van der Waals surface area contributed by atoms with Gasteiger partial charge in [-0.2, -0.15) is 0 Å². The maximum atomic E-state index is 6.32. The number of hydrogen-bond acceptors (Lipinski definition) is 3. The summed E-state index contributed by atoms with van der Waals surface area (Å²) in [5.74, 6) is 1.77. The van der Waals surface area contributed by atoms with Gasteiger partial charge in [0.2, 0.25) is 0 Å². The molecule has 0 spiro atoms. The maximum absolute atomic E-state index is 6.32. The second-order valence-corrected chi connectivity index (χ2v) is 5.73. The highest BCUT2D eigenvalue weighted by Crippen LogP contribution is 2.30. The molecule has 3 heterocycles. The number of para-hydroxylation sites is 2. The third-order valence-electron chi connectivity index (χ3n) is 3.92. The number of halogens is 1. The largest absolute Gasteiger partial charge is 0.357 e. The lowest BCUT2D eigenvalue weighted by Gasteiger charge is -2.17. The minimum absolute atomic E-state index is 0.622. The van der Waals surface area contributed by atoms with E-state index in [-0.39, 0.29) is 0 Å². The van der Waals surface area contributed by atoms with Crippen LogP contribution in [0.1, 0.15) is 12.8 Å². The summed E-state index contributed by atoms with van der Waals surface area (Å²) in [7, 11) is 0. The molecule has 1 saturated heterocycles. The lowest BCUT2D eigenvalue weighted by atomic mass is 10.2. The molecule has 0 saturated carbocycles. The number of aromatic amines is 1. The van der Waals surface area contributed by atoms with E-state index in [4.69, 9.17) is 11.6 Å². The average molecular weight is 299 g/mol. The maximum Gasteiger partial charge on any atom is 0.140 e. The van der Waals surface area contributed by atoms with Gasteiger partial charge in [0.05, 0.1) is 16.1 Å². The number of H-pyrrole nitrogens is 1. The molecular formula is C16H15ClN4. The summed E-state index contributed by atoms with van der Waals surface area (Å²) in [6, 6.07) is 10.0. The van der Waals surface area contributed by atoms with Gasteiger partial charge >= 0.3 is 0 Å². The predicted octanol–water partition coefficient (Wildman–Crippen LogP) is 3.88. The first-order chi connectivity index (χ1) is 10.3. The molecule has 1 aliphatic rings. The second-order valence-electron chi connectivity index (χ2n) is 5.32. The van der Waals surface area contributed by atoms with Gasteiger partial charge in [-0.05, 0) is 31.0 Å². The third-order valence-corrected chi connectivity index (χ3v) is 4.22. The van der Waals surface area contributed by atoms with Gasteiger partial charge in [0, 0.05) is 24.8 Å². The van der Waals surface area contributed by atoms with Crippen molar-refractivity contribution in [1.29, 1.82) is 0 Å². The van der Waals surface area contributed by atoms with Crippen LogP contribution in [0.5, 0.6) is 0 Å². The van der Waals surface area contributed by atoms with Crippen LogP contribution in [0, 0.1) is 0 Å². The molecule has 1 N–H and O–H groups in total. The first-order valence-corrected chi connectivity index (χ1v) is 7.55. The van der Waals surface area contributed by atoms with Gasteiger partial charge in [-0.1, -0.05) is 23.7 Å². The number of anilines is 1. The van der Waals surface area contributed by atoms with Crippen molar-refractivity contribution in [3.8, 4) is 11.4 Å². The highest BCUT2D eigenvalue weighted by molar-refractivity contribution is 6.33. The molecule has 1 aliphatic heterocycles. The van der Waals surface area contributed by atoms with Crippen molar-refractivity contribution in [3.05, 3.63) is 41.6 Å². The predicted molar refractivity (Wildman–Crippen MR) is 85.8 cm³/mol. The zero-order chi connectivity index (χ0) is 14.2. The van der Waals surface area contributed by atoms with Gasteiger partial charge in [-0.15, -0.1) is 0 Å². The molecule has 0 aliphatic carbocycles. The Hall–Kier alpha value is -2.07. The topological polar surface area (TPSA) is 44.8 Å². The fourth-order valence-electron chi connectivity index (χ4n) is 2.81. The molecule has 0 amide bonds. The molecule has 1 aromatic carbocycles. The van der Waals surface area contributed by atoms with Crippen LogP contribution in [0.15, 0.2) is 36.5 Å². The molecule has 1 fully saturated rings. The lowest BCUT2D eigenvalue weighted by molar-refractivity contribution is 0.938. The molecular weight excluding hydrogens is 284 g/mol. The first kappa shape index (κ1) is 12.7. The van der Waals surface area contributed by atoms with Crippen LogP contribution in [0.25, 0.3) is 22.4 Å². The average Bonchev–Trinajstić information content (AvgIpc) is 3.17. The van der Waals surface area contributed by atoms with E-state index < -0.39 is 0 Å². The molecule has 4 nitrogen and oxygen atoms in total. The molecule has 3 aromatic rings. The fourth-order valence-corrected chi connectivity index (χ4v) is 3.00. The van der Waals surface area contributed by atoms with E-state index in [2.05, 4.69) is 19.9 Å². The van der Waals surface area contributed by atoms with E-state index in [0.29, 0.717) is 5.02 Å². The van der Waals surface area contributed by atoms with Crippen molar-refractivity contribution in [1.82, 2.24) is 15.0 Å². The quantitative estimate of drug-likeness (QED) is 0.781. The van der Waals surface area contributed by atoms with Crippen LogP contribution < -0.4 is 4.90 Å². The molecule has 0 bridgehead atoms. The number of rotatable bonds is 2. The zero-order valence-electron chi connectivity index (χ0n) is 11.5. The van der Waals surface area contributed by atoms with Gasteiger partial charge in [-0.3, -0.25) is 0 Å². The number of pyridine rings is 1. The van der Waals surface area contributed by atoms with Crippen LogP contribution in [0.3, 0.4) is 0 Å². The number of aromatic nitrogens is 3. The summed E-state index contributed by atoms with van der Waals surface area (Å²) in [5.41, 5.74) is 2.87. The number of nitrogens with zero attached hydrogens (tertiary/aromatic N) is 3. The Kier molecular flexibility index (Phi) is 3.04. The molecule has 106 valence electrons. The molecule has 21 heavy (non-hydrogen) atoms. The molecule has 4 rings (SSSR count). The fraction of sp³-hybridized carbons (Fsp3) is 0.250. The lowest BCUT2D eigenvalue weighted by Crippen LogP contribution is -2.18. The van der Waals surface area contributed by atoms with Crippen molar-refractivity contribution in [2.24, 2.45) is 0 Å². The molecule has 0 unspecified atom stereocenters. The normalized spacial score (nSPS) is 15.0. The van der Waals surface area contributed by atoms with E-state index in [1.807, 2.05) is 30.3 Å². The smallest absolute Gasteiger partial charge is 0.140 e. The number of fused-ring (bicyclic) bond motifs is 1. The van der Waals surface area contributed by atoms with E-state index in [9.17, 15) is 0 Å². The molecule has 5 heteroatoms.